The highest BCUT2D eigenvalue weighted by Gasteiger charge is 2.33. The van der Waals surface area contributed by atoms with Crippen LogP contribution in [0.4, 0.5) is 11.5 Å². The van der Waals surface area contributed by atoms with Crippen molar-refractivity contribution in [3.05, 3.63) is 27.9 Å². The minimum absolute atomic E-state index is 0.0412. The van der Waals surface area contributed by atoms with Gasteiger partial charge in [-0.15, -0.1) is 0 Å². The largest absolute Gasteiger partial charge is 0.383 e. The van der Waals surface area contributed by atoms with Crippen LogP contribution in [0.15, 0.2) is 12.3 Å². The second-order valence-corrected chi connectivity index (χ2v) is 5.47. The van der Waals surface area contributed by atoms with E-state index in [1.54, 1.807) is 4.90 Å². The van der Waals surface area contributed by atoms with Gasteiger partial charge in [0.2, 0.25) is 0 Å². The van der Waals surface area contributed by atoms with Crippen LogP contribution >= 0.6 is 0 Å². The number of nitrogens with two attached hydrogens (primary N) is 1. The Bertz CT molecular complexity index is 591. The van der Waals surface area contributed by atoms with Crippen LogP contribution in [0.1, 0.15) is 23.2 Å². The van der Waals surface area contributed by atoms with Gasteiger partial charge in [-0.05, 0) is 19.4 Å². The van der Waals surface area contributed by atoms with Gasteiger partial charge in [-0.25, -0.2) is 4.98 Å². The quantitative estimate of drug-likeness (QED) is 0.628. The molecule has 1 amide bonds. The Morgan fingerprint density at radius 2 is 2.24 bits per heavy atom. The number of fused-ring (bicyclic) bond motifs is 1. The molecule has 2 saturated heterocycles. The predicted molar refractivity (Wildman–Crippen MR) is 75.8 cm³/mol. The number of carbonyl (C=O) groups is 1. The average molecular weight is 291 g/mol. The van der Waals surface area contributed by atoms with Gasteiger partial charge >= 0.3 is 0 Å². The van der Waals surface area contributed by atoms with Gasteiger partial charge in [0.15, 0.2) is 0 Å². The van der Waals surface area contributed by atoms with Gasteiger partial charge in [0.25, 0.3) is 11.6 Å². The third kappa shape index (κ3) is 2.54. The summed E-state index contributed by atoms with van der Waals surface area (Å²) in [5.41, 5.74) is 5.62. The molecule has 2 aliphatic rings. The number of anilines is 1. The van der Waals surface area contributed by atoms with Crippen LogP contribution in [0.5, 0.6) is 0 Å². The van der Waals surface area contributed by atoms with Crippen molar-refractivity contribution in [1.29, 1.82) is 0 Å². The molecule has 2 fully saturated rings. The lowest BCUT2D eigenvalue weighted by atomic mass is 10.1. The molecule has 0 radical (unpaired) electrons. The Hall–Kier alpha value is -2.22. The third-order valence-corrected chi connectivity index (χ3v) is 4.22. The molecular formula is C13H17N5O3. The Kier molecular flexibility index (Phi) is 3.46. The molecule has 8 nitrogen and oxygen atoms in total. The molecular weight excluding hydrogens is 274 g/mol. The second-order valence-electron chi connectivity index (χ2n) is 5.47. The number of hydrogen-bond donors (Lipinski definition) is 1. The van der Waals surface area contributed by atoms with Crippen molar-refractivity contribution in [3.63, 3.8) is 0 Å². The standard InChI is InChI=1S/C13H17N5O3/c14-12-11(6-10(7-15-12)18(20)21)13(19)17-5-4-16-3-1-2-9(16)8-17/h6-7,9H,1-5,8H2,(H2,14,15). The molecule has 1 aromatic rings. The molecule has 0 saturated carbocycles. The van der Waals surface area contributed by atoms with E-state index in [-0.39, 0.29) is 23.0 Å². The van der Waals surface area contributed by atoms with Crippen molar-refractivity contribution in [1.82, 2.24) is 14.8 Å². The van der Waals surface area contributed by atoms with E-state index < -0.39 is 4.92 Å². The number of pyridine rings is 1. The maximum atomic E-state index is 12.5. The summed E-state index contributed by atoms with van der Waals surface area (Å²) in [4.78, 5) is 30.7. The van der Waals surface area contributed by atoms with Crippen LogP contribution in [-0.4, -0.2) is 57.8 Å². The van der Waals surface area contributed by atoms with Crippen molar-refractivity contribution in [3.8, 4) is 0 Å². The first kappa shape index (κ1) is 13.7. The second kappa shape index (κ2) is 5.28. The Morgan fingerprint density at radius 1 is 1.43 bits per heavy atom. The number of carbonyl (C=O) groups excluding carboxylic acids is 1. The minimum Gasteiger partial charge on any atom is -0.383 e. The Morgan fingerprint density at radius 3 is 3.00 bits per heavy atom. The maximum absolute atomic E-state index is 12.5. The van der Waals surface area contributed by atoms with E-state index >= 15 is 0 Å². The summed E-state index contributed by atoms with van der Waals surface area (Å²) in [5.74, 6) is -0.227. The van der Waals surface area contributed by atoms with Gasteiger partial charge in [-0.2, -0.15) is 0 Å². The number of piperazine rings is 1. The highest BCUT2D eigenvalue weighted by molar-refractivity contribution is 5.99. The zero-order chi connectivity index (χ0) is 15.0. The van der Waals surface area contributed by atoms with E-state index in [1.165, 1.54) is 6.07 Å². The normalized spacial score (nSPS) is 22.1. The monoisotopic (exact) mass is 291 g/mol. The molecule has 3 rings (SSSR count). The molecule has 21 heavy (non-hydrogen) atoms. The summed E-state index contributed by atoms with van der Waals surface area (Å²) < 4.78 is 0. The number of aromatic nitrogens is 1. The fourth-order valence-corrected chi connectivity index (χ4v) is 3.08. The van der Waals surface area contributed by atoms with Gasteiger partial charge in [0, 0.05) is 31.7 Å². The van der Waals surface area contributed by atoms with Crippen molar-refractivity contribution in [2.75, 3.05) is 31.9 Å². The van der Waals surface area contributed by atoms with E-state index in [4.69, 9.17) is 5.73 Å². The molecule has 2 N–H and O–H groups in total. The van der Waals surface area contributed by atoms with Crippen molar-refractivity contribution in [2.45, 2.75) is 18.9 Å². The van der Waals surface area contributed by atoms with Gasteiger partial charge in [-0.1, -0.05) is 0 Å². The molecule has 0 bridgehead atoms. The predicted octanol–water partition coefficient (Wildman–Crippen LogP) is 0.492. The molecule has 1 aromatic heterocycles. The van der Waals surface area contributed by atoms with E-state index in [1.807, 2.05) is 0 Å². The SMILES string of the molecule is Nc1ncc([N+](=O)[O-])cc1C(=O)N1CCN2CCCC2C1. The van der Waals surface area contributed by atoms with E-state index in [0.717, 1.165) is 32.1 Å². The van der Waals surface area contributed by atoms with E-state index in [0.29, 0.717) is 19.1 Å². The number of nitrogen functional groups attached to an aromatic ring is 1. The smallest absolute Gasteiger partial charge is 0.288 e. The van der Waals surface area contributed by atoms with Crippen molar-refractivity contribution in [2.24, 2.45) is 0 Å². The Labute approximate surface area is 121 Å². The molecule has 2 aliphatic heterocycles. The number of rotatable bonds is 2. The third-order valence-electron chi connectivity index (χ3n) is 4.22. The lowest BCUT2D eigenvalue weighted by Crippen LogP contribution is -2.52. The topological polar surface area (TPSA) is 106 Å². The first-order valence-electron chi connectivity index (χ1n) is 6.99. The lowest BCUT2D eigenvalue weighted by molar-refractivity contribution is -0.385. The van der Waals surface area contributed by atoms with Crippen LogP contribution in [0.3, 0.4) is 0 Å². The zero-order valence-electron chi connectivity index (χ0n) is 11.6. The number of hydrogen-bond acceptors (Lipinski definition) is 6. The summed E-state index contributed by atoms with van der Waals surface area (Å²) in [6.07, 6.45) is 3.32. The molecule has 0 spiro atoms. The summed E-state index contributed by atoms with van der Waals surface area (Å²) in [7, 11) is 0. The minimum atomic E-state index is -0.571. The molecule has 1 atom stereocenters. The van der Waals surface area contributed by atoms with Gasteiger partial charge in [0.1, 0.15) is 12.0 Å². The number of amides is 1. The van der Waals surface area contributed by atoms with Gasteiger partial charge < -0.3 is 10.6 Å². The molecule has 8 heteroatoms. The molecule has 112 valence electrons. The zero-order valence-corrected chi connectivity index (χ0v) is 11.6. The molecule has 3 heterocycles. The van der Waals surface area contributed by atoms with E-state index in [9.17, 15) is 14.9 Å². The highest BCUT2D eigenvalue weighted by Crippen LogP contribution is 2.24. The average Bonchev–Trinajstić information content (AvgIpc) is 2.94. The fourth-order valence-electron chi connectivity index (χ4n) is 3.08. The molecule has 0 aliphatic carbocycles. The molecule has 0 aromatic carbocycles. The summed E-state index contributed by atoms with van der Waals surface area (Å²) in [6.45, 7) is 3.21. The summed E-state index contributed by atoms with van der Waals surface area (Å²) in [5, 5.41) is 10.8. The van der Waals surface area contributed by atoms with Crippen LogP contribution < -0.4 is 5.73 Å². The van der Waals surface area contributed by atoms with Crippen molar-refractivity contribution < 1.29 is 9.72 Å². The van der Waals surface area contributed by atoms with Crippen LogP contribution in [0, 0.1) is 10.1 Å². The fraction of sp³-hybridized carbons (Fsp3) is 0.538. The first-order valence-corrected chi connectivity index (χ1v) is 6.99. The summed E-state index contributed by atoms with van der Waals surface area (Å²) in [6, 6.07) is 1.61. The van der Waals surface area contributed by atoms with E-state index in [2.05, 4.69) is 9.88 Å². The van der Waals surface area contributed by atoms with Gasteiger partial charge in [0.05, 0.1) is 10.5 Å². The van der Waals surface area contributed by atoms with Crippen LogP contribution in [0.25, 0.3) is 0 Å². The van der Waals surface area contributed by atoms with Crippen molar-refractivity contribution >= 4 is 17.4 Å². The number of nitro groups is 1. The number of nitrogens with zero attached hydrogens (tertiary/aromatic N) is 4. The Balaban J connectivity index is 1.81. The highest BCUT2D eigenvalue weighted by atomic mass is 16.6. The maximum Gasteiger partial charge on any atom is 0.288 e. The van der Waals surface area contributed by atoms with Crippen LogP contribution in [0.2, 0.25) is 0 Å². The van der Waals surface area contributed by atoms with Gasteiger partial charge in [-0.3, -0.25) is 19.8 Å². The lowest BCUT2D eigenvalue weighted by Gasteiger charge is -2.37. The first-order chi connectivity index (χ1) is 10.1. The molecule has 1 unspecified atom stereocenters. The summed E-state index contributed by atoms with van der Waals surface area (Å²) >= 11 is 0. The van der Waals surface area contributed by atoms with Crippen LogP contribution in [-0.2, 0) is 0 Å².